The highest BCUT2D eigenvalue weighted by Gasteiger charge is 2.50. The molecule has 3 fully saturated rings. The molecule has 1 N–H and O–H groups in total. The van der Waals surface area contributed by atoms with E-state index in [-0.39, 0.29) is 17.4 Å². The van der Waals surface area contributed by atoms with E-state index in [4.69, 9.17) is 18.7 Å². The molecule has 7 rings (SSSR count). The van der Waals surface area contributed by atoms with Gasteiger partial charge in [-0.25, -0.2) is 0 Å². The third kappa shape index (κ3) is 4.28. The summed E-state index contributed by atoms with van der Waals surface area (Å²) in [7, 11) is 3.21. The fourth-order valence-electron chi connectivity index (χ4n) is 6.14. The van der Waals surface area contributed by atoms with E-state index in [1.54, 1.807) is 26.4 Å². The van der Waals surface area contributed by atoms with Crippen LogP contribution in [0.1, 0.15) is 47.7 Å². The second kappa shape index (κ2) is 9.92. The number of carbonyl (C=O) groups is 1. The van der Waals surface area contributed by atoms with Crippen molar-refractivity contribution < 1.29 is 23.5 Å². The lowest BCUT2D eigenvalue weighted by atomic mass is 9.79. The van der Waals surface area contributed by atoms with Crippen LogP contribution in [0.2, 0.25) is 0 Å². The van der Waals surface area contributed by atoms with Crippen LogP contribution in [0.25, 0.3) is 11.3 Å². The molecule has 1 atom stereocenters. The number of benzene rings is 2. The van der Waals surface area contributed by atoms with Crippen LogP contribution in [-0.4, -0.2) is 69.1 Å². The van der Waals surface area contributed by atoms with Crippen LogP contribution in [0.15, 0.2) is 39.8 Å². The summed E-state index contributed by atoms with van der Waals surface area (Å²) in [6.45, 7) is 5.85. The molecule has 1 spiro atoms. The Labute approximate surface area is 238 Å². The van der Waals surface area contributed by atoms with Crippen molar-refractivity contribution in [2.45, 2.75) is 49.0 Å². The zero-order valence-electron chi connectivity index (χ0n) is 23.1. The quantitative estimate of drug-likeness (QED) is 0.393. The molecule has 1 saturated carbocycles. The molecule has 0 radical (unpaired) electrons. The lowest BCUT2D eigenvalue weighted by Gasteiger charge is -2.34. The van der Waals surface area contributed by atoms with Crippen molar-refractivity contribution >= 4 is 29.4 Å². The molecule has 210 valence electrons. The Morgan fingerprint density at radius 2 is 1.90 bits per heavy atom. The van der Waals surface area contributed by atoms with Crippen LogP contribution in [0.3, 0.4) is 0 Å². The molecule has 40 heavy (non-hydrogen) atoms. The predicted octanol–water partition coefficient (Wildman–Crippen LogP) is 5.14. The maximum absolute atomic E-state index is 13.3. The van der Waals surface area contributed by atoms with E-state index in [9.17, 15) is 4.79 Å². The molecule has 2 saturated heterocycles. The van der Waals surface area contributed by atoms with Gasteiger partial charge in [0.25, 0.3) is 5.91 Å². The second-order valence-electron chi connectivity index (χ2n) is 11.2. The highest BCUT2D eigenvalue weighted by atomic mass is 32.2. The first-order valence-corrected chi connectivity index (χ1v) is 14.8. The smallest absolute Gasteiger partial charge is 0.254 e. The number of methoxy groups -OCH3 is 2. The van der Waals surface area contributed by atoms with Gasteiger partial charge in [0.2, 0.25) is 0 Å². The zero-order valence-corrected chi connectivity index (χ0v) is 23.9. The Balaban J connectivity index is 1.16. The van der Waals surface area contributed by atoms with Crippen LogP contribution in [-0.2, 0) is 16.6 Å². The minimum Gasteiger partial charge on any atom is -0.495 e. The van der Waals surface area contributed by atoms with Crippen molar-refractivity contribution in [2.24, 2.45) is 0 Å². The number of rotatable bonds is 7. The SMILES string of the molecule is COc1cc(C(=O)N2CCOC(C)C2)cc(OC)c1SNc1noc2c1CC1(CC1)c1ccc(N3CCC3)cc1-2. The third-order valence-corrected chi connectivity index (χ3v) is 9.58. The zero-order chi connectivity index (χ0) is 27.4. The summed E-state index contributed by atoms with van der Waals surface area (Å²) in [5, 5.41) is 4.46. The van der Waals surface area contributed by atoms with Gasteiger partial charge in [0.15, 0.2) is 11.6 Å². The number of amides is 1. The van der Waals surface area contributed by atoms with E-state index >= 15 is 0 Å². The van der Waals surface area contributed by atoms with E-state index in [0.717, 1.165) is 41.5 Å². The largest absolute Gasteiger partial charge is 0.495 e. The monoisotopic (exact) mass is 562 g/mol. The van der Waals surface area contributed by atoms with Crippen LogP contribution in [0.4, 0.5) is 11.5 Å². The summed E-state index contributed by atoms with van der Waals surface area (Å²) in [5.41, 5.74) is 5.63. The van der Waals surface area contributed by atoms with Gasteiger partial charge < -0.3 is 33.3 Å². The average Bonchev–Trinajstić information content (AvgIpc) is 3.60. The highest BCUT2D eigenvalue weighted by Crippen LogP contribution is 2.59. The summed E-state index contributed by atoms with van der Waals surface area (Å²) < 4.78 is 26.5. The van der Waals surface area contributed by atoms with Crippen molar-refractivity contribution in [3.63, 3.8) is 0 Å². The number of ether oxygens (including phenoxy) is 3. The van der Waals surface area contributed by atoms with E-state index in [1.165, 1.54) is 48.0 Å². The van der Waals surface area contributed by atoms with Gasteiger partial charge in [-0.05, 0) is 74.4 Å². The molecule has 2 aromatic carbocycles. The number of nitrogens with zero attached hydrogens (tertiary/aromatic N) is 3. The maximum atomic E-state index is 13.3. The first-order valence-electron chi connectivity index (χ1n) is 14.0. The molecular formula is C30H34N4O5S. The maximum Gasteiger partial charge on any atom is 0.254 e. The van der Waals surface area contributed by atoms with Crippen LogP contribution >= 0.6 is 11.9 Å². The fourth-order valence-corrected chi connectivity index (χ4v) is 6.98. The van der Waals surface area contributed by atoms with Gasteiger partial charge in [-0.15, -0.1) is 0 Å². The van der Waals surface area contributed by atoms with Crippen LogP contribution in [0, 0.1) is 0 Å². The molecule has 1 unspecified atom stereocenters. The number of aromatic nitrogens is 1. The van der Waals surface area contributed by atoms with E-state index in [2.05, 4.69) is 33.0 Å². The highest BCUT2D eigenvalue weighted by molar-refractivity contribution is 8.00. The van der Waals surface area contributed by atoms with Crippen LogP contribution < -0.4 is 19.1 Å². The number of fused-ring (bicyclic) bond motifs is 4. The summed E-state index contributed by atoms with van der Waals surface area (Å²) in [6, 6.07) is 10.4. The van der Waals surface area contributed by atoms with Crippen molar-refractivity contribution in [1.29, 1.82) is 0 Å². The van der Waals surface area contributed by atoms with Gasteiger partial charge in [-0.2, -0.15) is 0 Å². The lowest BCUT2D eigenvalue weighted by Crippen LogP contribution is -2.44. The Morgan fingerprint density at radius 1 is 1.12 bits per heavy atom. The summed E-state index contributed by atoms with van der Waals surface area (Å²) in [5.74, 6) is 2.63. The second-order valence-corrected chi connectivity index (χ2v) is 12.0. The molecule has 3 heterocycles. The molecule has 9 nitrogen and oxygen atoms in total. The molecular weight excluding hydrogens is 528 g/mol. The minimum absolute atomic E-state index is 0.0120. The van der Waals surface area contributed by atoms with Crippen molar-refractivity contribution in [3.8, 4) is 22.8 Å². The first kappa shape index (κ1) is 25.6. The van der Waals surface area contributed by atoms with E-state index in [0.29, 0.717) is 36.8 Å². The standard InChI is InChI=1S/C30H34N4O5S/c1-18-17-34(11-12-38-18)29(35)19-13-24(36-2)27(25(14-19)37-3)40-32-28-22-16-30(7-8-30)23-6-5-20(33-9-4-10-33)15-21(23)26(22)39-31-28/h5-6,13-15,18H,4,7-12,16-17H2,1-3H3,(H,31,32). The van der Waals surface area contributed by atoms with Gasteiger partial charge in [0, 0.05) is 54.0 Å². The van der Waals surface area contributed by atoms with Gasteiger partial charge in [0.1, 0.15) is 16.4 Å². The summed E-state index contributed by atoms with van der Waals surface area (Å²) >= 11 is 1.36. The Kier molecular flexibility index (Phi) is 6.35. The molecule has 0 bridgehead atoms. The minimum atomic E-state index is -0.0622. The molecule has 3 aromatic rings. The fraction of sp³-hybridized carbons (Fsp3) is 0.467. The molecule has 10 heteroatoms. The summed E-state index contributed by atoms with van der Waals surface area (Å²) in [4.78, 5) is 18.2. The molecule has 2 aliphatic carbocycles. The normalized spacial score (nSPS) is 20.4. The van der Waals surface area contributed by atoms with E-state index < -0.39 is 0 Å². The Morgan fingerprint density at radius 3 is 2.55 bits per heavy atom. The number of hydrogen-bond acceptors (Lipinski definition) is 9. The van der Waals surface area contributed by atoms with Crippen molar-refractivity contribution in [2.75, 3.05) is 56.6 Å². The topological polar surface area (TPSA) is 89.3 Å². The molecule has 1 amide bonds. The molecule has 4 aliphatic rings. The van der Waals surface area contributed by atoms with Gasteiger partial charge >= 0.3 is 0 Å². The Bertz CT molecular complexity index is 1440. The van der Waals surface area contributed by atoms with Crippen LogP contribution in [0.5, 0.6) is 11.5 Å². The van der Waals surface area contributed by atoms with Crippen molar-refractivity contribution in [3.05, 3.63) is 47.0 Å². The number of hydrogen-bond donors (Lipinski definition) is 1. The number of nitrogens with one attached hydrogen (secondary N) is 1. The number of carbonyl (C=O) groups excluding carboxylic acids is 1. The van der Waals surface area contributed by atoms with Gasteiger partial charge in [-0.3, -0.25) is 4.79 Å². The first-order chi connectivity index (χ1) is 19.5. The molecule has 1 aromatic heterocycles. The number of anilines is 2. The molecule has 2 aliphatic heterocycles. The average molecular weight is 563 g/mol. The van der Waals surface area contributed by atoms with Crippen molar-refractivity contribution in [1.82, 2.24) is 10.1 Å². The summed E-state index contributed by atoms with van der Waals surface area (Å²) in [6.07, 6.45) is 4.52. The predicted molar refractivity (Wildman–Crippen MR) is 154 cm³/mol. The van der Waals surface area contributed by atoms with Gasteiger partial charge in [0.05, 0.1) is 26.9 Å². The number of morpholine rings is 1. The van der Waals surface area contributed by atoms with Gasteiger partial charge in [-0.1, -0.05) is 11.2 Å². The lowest BCUT2D eigenvalue weighted by molar-refractivity contribution is -0.0124. The Hall–Kier alpha value is -3.37. The third-order valence-electron chi connectivity index (χ3n) is 8.68. The van der Waals surface area contributed by atoms with E-state index in [1.807, 2.05) is 11.8 Å².